The predicted molar refractivity (Wildman–Crippen MR) is 137 cm³/mol. The van der Waals surface area contributed by atoms with E-state index in [-0.39, 0.29) is 16.7 Å². The van der Waals surface area contributed by atoms with Gasteiger partial charge in [-0.05, 0) is 59.6 Å². The van der Waals surface area contributed by atoms with Crippen LogP contribution in [0.4, 0.5) is 11.4 Å². The van der Waals surface area contributed by atoms with Gasteiger partial charge in [-0.25, -0.2) is 0 Å². The minimum absolute atomic E-state index is 0.0467. The minimum atomic E-state index is -0.149. The summed E-state index contributed by atoms with van der Waals surface area (Å²) in [5.41, 5.74) is 6.56. The molecule has 172 valence electrons. The molecular formula is C28H39N3O. The number of hydrogen-bond donors (Lipinski definition) is 3. The van der Waals surface area contributed by atoms with Crippen LogP contribution in [-0.4, -0.2) is 19.5 Å². The first kappa shape index (κ1) is 23.9. The number of rotatable bonds is 8. The first-order valence-electron chi connectivity index (χ1n) is 11.7. The van der Waals surface area contributed by atoms with Gasteiger partial charge in [-0.2, -0.15) is 0 Å². The normalized spacial score (nSPS) is 16.1. The van der Waals surface area contributed by atoms with Gasteiger partial charge in [0.1, 0.15) is 0 Å². The third kappa shape index (κ3) is 5.01. The van der Waals surface area contributed by atoms with E-state index >= 15 is 0 Å². The largest absolute Gasteiger partial charge is 0.385 e. The number of fused-ring (bicyclic) bond motifs is 1. The average Bonchev–Trinajstić information content (AvgIpc) is 3.01. The fourth-order valence-corrected chi connectivity index (χ4v) is 4.40. The van der Waals surface area contributed by atoms with Crippen LogP contribution in [0.2, 0.25) is 0 Å². The molecule has 1 heterocycles. The Bertz CT molecular complexity index is 1000. The van der Waals surface area contributed by atoms with Crippen LogP contribution in [0.1, 0.15) is 75.9 Å². The van der Waals surface area contributed by atoms with Gasteiger partial charge in [-0.1, -0.05) is 65.8 Å². The number of carbonyl (C=O) groups excluding carboxylic acids is 1. The highest BCUT2D eigenvalue weighted by molar-refractivity contribution is 5.94. The summed E-state index contributed by atoms with van der Waals surface area (Å²) in [4.78, 5) is 12.3. The van der Waals surface area contributed by atoms with Crippen LogP contribution in [0.25, 0.3) is 0 Å². The number of anilines is 2. The molecule has 1 aliphatic heterocycles. The predicted octanol–water partition coefficient (Wildman–Crippen LogP) is 6.46. The fraction of sp³-hybridized carbons (Fsp3) is 0.464. The Morgan fingerprint density at radius 2 is 1.88 bits per heavy atom. The summed E-state index contributed by atoms with van der Waals surface area (Å²) >= 11 is 0. The van der Waals surface area contributed by atoms with Crippen LogP contribution in [-0.2, 0) is 10.8 Å². The molecule has 0 fully saturated rings. The SMILES string of the molecule is CNC(=O)c1ccc(NCCC(C)C)c(C(C)(C)C/C=C2/Nc3ccccc3C2(C)C)c1. The third-order valence-corrected chi connectivity index (χ3v) is 6.63. The molecule has 0 aliphatic carbocycles. The second kappa shape index (κ2) is 9.40. The Kier molecular flexibility index (Phi) is 7.02. The first-order chi connectivity index (χ1) is 15.1. The summed E-state index contributed by atoms with van der Waals surface area (Å²) in [6.45, 7) is 14.5. The van der Waals surface area contributed by atoms with Crippen LogP contribution in [0.5, 0.6) is 0 Å². The van der Waals surface area contributed by atoms with Crippen molar-refractivity contribution >= 4 is 17.3 Å². The van der Waals surface area contributed by atoms with Crippen LogP contribution in [0, 0.1) is 5.92 Å². The summed E-state index contributed by atoms with van der Waals surface area (Å²) in [7, 11) is 1.68. The van der Waals surface area contributed by atoms with Gasteiger partial charge in [-0.3, -0.25) is 4.79 Å². The van der Waals surface area contributed by atoms with E-state index < -0.39 is 0 Å². The molecule has 2 aromatic carbocycles. The molecule has 3 N–H and O–H groups in total. The van der Waals surface area contributed by atoms with Crippen molar-refractivity contribution in [3.8, 4) is 0 Å². The van der Waals surface area contributed by atoms with Gasteiger partial charge in [0.2, 0.25) is 0 Å². The monoisotopic (exact) mass is 433 g/mol. The van der Waals surface area contributed by atoms with E-state index in [1.54, 1.807) is 7.05 Å². The standard InChI is InChI=1S/C28H39N3O/c1-19(2)15-17-30-23-13-12-20(26(32)29-7)18-22(23)27(3,4)16-14-25-28(5,6)21-10-8-9-11-24(21)31-25/h8-14,18-19,30-31H,15-17H2,1-7H3,(H,29,32)/b25-14+. The molecule has 3 rings (SSSR count). The van der Waals surface area contributed by atoms with Crippen molar-refractivity contribution < 1.29 is 4.79 Å². The molecule has 0 saturated heterocycles. The quantitative estimate of drug-likeness (QED) is 0.448. The average molecular weight is 434 g/mol. The van der Waals surface area contributed by atoms with E-state index in [1.165, 1.54) is 22.5 Å². The molecule has 4 heteroatoms. The molecule has 0 unspecified atom stereocenters. The van der Waals surface area contributed by atoms with Crippen molar-refractivity contribution in [3.05, 3.63) is 70.9 Å². The Morgan fingerprint density at radius 1 is 1.16 bits per heavy atom. The lowest BCUT2D eigenvalue weighted by atomic mass is 9.77. The van der Waals surface area contributed by atoms with Crippen LogP contribution in [0.15, 0.2) is 54.2 Å². The molecule has 0 saturated carbocycles. The topological polar surface area (TPSA) is 53.2 Å². The molecule has 2 aromatic rings. The second-order valence-corrected chi connectivity index (χ2v) is 10.5. The van der Waals surface area contributed by atoms with E-state index in [4.69, 9.17) is 0 Å². The minimum Gasteiger partial charge on any atom is -0.385 e. The Balaban J connectivity index is 1.90. The highest BCUT2D eigenvalue weighted by atomic mass is 16.1. The van der Waals surface area contributed by atoms with E-state index in [0.717, 1.165) is 25.1 Å². The molecule has 4 nitrogen and oxygen atoms in total. The highest BCUT2D eigenvalue weighted by Gasteiger charge is 2.35. The zero-order valence-electron chi connectivity index (χ0n) is 20.7. The molecule has 1 amide bonds. The van der Waals surface area contributed by atoms with E-state index in [9.17, 15) is 4.79 Å². The molecule has 0 atom stereocenters. The van der Waals surface area contributed by atoms with Gasteiger partial charge >= 0.3 is 0 Å². The van der Waals surface area contributed by atoms with E-state index in [1.807, 2.05) is 6.07 Å². The van der Waals surface area contributed by atoms with Gasteiger partial charge < -0.3 is 16.0 Å². The molecule has 32 heavy (non-hydrogen) atoms. The molecule has 0 spiro atoms. The lowest BCUT2D eigenvalue weighted by Crippen LogP contribution is -2.24. The third-order valence-electron chi connectivity index (χ3n) is 6.63. The van der Waals surface area contributed by atoms with Crippen LogP contribution in [0.3, 0.4) is 0 Å². The highest BCUT2D eigenvalue weighted by Crippen LogP contribution is 2.44. The van der Waals surface area contributed by atoms with Crippen LogP contribution < -0.4 is 16.0 Å². The molecule has 1 aliphatic rings. The van der Waals surface area contributed by atoms with E-state index in [0.29, 0.717) is 11.5 Å². The van der Waals surface area contributed by atoms with Crippen LogP contribution >= 0.6 is 0 Å². The second-order valence-electron chi connectivity index (χ2n) is 10.5. The molecule has 0 radical (unpaired) electrons. The van der Waals surface area contributed by atoms with Crippen molar-refractivity contribution in [2.45, 2.75) is 65.2 Å². The number of nitrogens with one attached hydrogen (secondary N) is 3. The summed E-state index contributed by atoms with van der Waals surface area (Å²) in [5.74, 6) is 0.592. The zero-order chi connectivity index (χ0) is 23.5. The maximum absolute atomic E-state index is 12.3. The lowest BCUT2D eigenvalue weighted by Gasteiger charge is -2.29. The van der Waals surface area contributed by atoms with Gasteiger partial charge in [0.25, 0.3) is 5.91 Å². The Hall–Kier alpha value is -2.75. The van der Waals surface area contributed by atoms with Crippen molar-refractivity contribution in [2.75, 3.05) is 24.2 Å². The fourth-order valence-electron chi connectivity index (χ4n) is 4.40. The summed E-state index contributed by atoms with van der Waals surface area (Å²) in [6, 6.07) is 14.6. The molecule has 0 bridgehead atoms. The first-order valence-corrected chi connectivity index (χ1v) is 11.7. The number of benzene rings is 2. The number of hydrogen-bond acceptors (Lipinski definition) is 3. The van der Waals surface area contributed by atoms with Gasteiger partial charge in [0, 0.05) is 41.6 Å². The van der Waals surface area contributed by atoms with Gasteiger partial charge in [0.05, 0.1) is 0 Å². The summed E-state index contributed by atoms with van der Waals surface area (Å²) < 4.78 is 0. The van der Waals surface area contributed by atoms with Gasteiger partial charge in [-0.15, -0.1) is 0 Å². The van der Waals surface area contributed by atoms with E-state index in [2.05, 4.69) is 100.0 Å². The smallest absolute Gasteiger partial charge is 0.251 e. The number of amides is 1. The number of allylic oxidation sites excluding steroid dienone is 2. The molecule has 0 aromatic heterocycles. The maximum atomic E-state index is 12.3. The molecular weight excluding hydrogens is 394 g/mol. The lowest BCUT2D eigenvalue weighted by molar-refractivity contribution is 0.0963. The maximum Gasteiger partial charge on any atom is 0.251 e. The Morgan fingerprint density at radius 3 is 2.53 bits per heavy atom. The number of carbonyl (C=O) groups is 1. The zero-order valence-corrected chi connectivity index (χ0v) is 20.7. The Labute approximate surface area is 193 Å². The summed E-state index contributed by atoms with van der Waals surface area (Å²) in [6.07, 6.45) is 4.31. The van der Waals surface area contributed by atoms with Gasteiger partial charge in [0.15, 0.2) is 0 Å². The van der Waals surface area contributed by atoms with Crippen molar-refractivity contribution in [1.29, 1.82) is 0 Å². The summed E-state index contributed by atoms with van der Waals surface area (Å²) in [5, 5.41) is 10.0. The number of para-hydroxylation sites is 1. The van der Waals surface area contributed by atoms with Crippen molar-refractivity contribution in [3.63, 3.8) is 0 Å². The van der Waals surface area contributed by atoms with Crippen molar-refractivity contribution in [2.24, 2.45) is 5.92 Å². The van der Waals surface area contributed by atoms with Crippen molar-refractivity contribution in [1.82, 2.24) is 5.32 Å².